The van der Waals surface area contributed by atoms with Gasteiger partial charge in [-0.25, -0.2) is 0 Å². The van der Waals surface area contributed by atoms with Gasteiger partial charge in [-0.3, -0.25) is 4.79 Å². The number of ether oxygens (including phenoxy) is 1. The number of hydrogen-bond acceptors (Lipinski definition) is 4. The number of terminal acetylenes is 1. The number of methoxy groups -OCH3 is 1. The number of fused-ring (bicyclic) bond motifs is 1. The van der Waals surface area contributed by atoms with E-state index >= 15 is 0 Å². The Hall–Kier alpha value is -2.35. The van der Waals surface area contributed by atoms with E-state index in [1.54, 1.807) is 7.11 Å². The largest absolute Gasteiger partial charge is 0.496 e. The molecule has 1 heterocycles. The summed E-state index contributed by atoms with van der Waals surface area (Å²) in [6.07, 6.45) is 10.5. The molecule has 1 aromatic rings. The zero-order chi connectivity index (χ0) is 17.0. The second kappa shape index (κ2) is 7.04. The van der Waals surface area contributed by atoms with Gasteiger partial charge in [0.1, 0.15) is 5.75 Å². The molecule has 0 fully saturated rings. The highest BCUT2D eigenvalue weighted by Gasteiger charge is 2.39. The van der Waals surface area contributed by atoms with Crippen molar-refractivity contribution in [2.24, 2.45) is 10.2 Å². The summed E-state index contributed by atoms with van der Waals surface area (Å²) in [5, 5.41) is 11.3. The second-order valence-electron chi connectivity index (χ2n) is 6.49. The molecule has 0 radical (unpaired) electrons. The topological polar surface area (TPSA) is 63.0 Å². The minimum absolute atomic E-state index is 0.0729. The SMILES string of the molecule is C#CCCC1(CCC(=O)NC2CCc3c(cccc3OC)C2)N=N1. The van der Waals surface area contributed by atoms with E-state index in [1.807, 2.05) is 12.1 Å². The number of amides is 1. The van der Waals surface area contributed by atoms with Crippen LogP contribution >= 0.6 is 0 Å². The Morgan fingerprint density at radius 2 is 2.29 bits per heavy atom. The summed E-state index contributed by atoms with van der Waals surface area (Å²) in [7, 11) is 1.70. The smallest absolute Gasteiger partial charge is 0.220 e. The van der Waals surface area contributed by atoms with E-state index in [0.717, 1.165) is 31.4 Å². The highest BCUT2D eigenvalue weighted by atomic mass is 16.5. The molecule has 126 valence electrons. The van der Waals surface area contributed by atoms with Gasteiger partial charge in [0.25, 0.3) is 0 Å². The third-order valence-electron chi connectivity index (χ3n) is 4.83. The molecule has 1 aliphatic heterocycles. The predicted molar refractivity (Wildman–Crippen MR) is 91.8 cm³/mol. The molecule has 1 amide bonds. The van der Waals surface area contributed by atoms with Crippen molar-refractivity contribution in [1.82, 2.24) is 5.32 Å². The van der Waals surface area contributed by atoms with Crippen molar-refractivity contribution in [3.63, 3.8) is 0 Å². The Kier molecular flexibility index (Phi) is 4.84. The van der Waals surface area contributed by atoms with Crippen molar-refractivity contribution in [3.8, 4) is 18.1 Å². The number of nitrogens with zero attached hydrogens (tertiary/aromatic N) is 2. The zero-order valence-electron chi connectivity index (χ0n) is 14.0. The number of carbonyl (C=O) groups is 1. The lowest BCUT2D eigenvalue weighted by molar-refractivity contribution is -0.122. The maximum Gasteiger partial charge on any atom is 0.220 e. The molecule has 3 rings (SSSR count). The second-order valence-corrected chi connectivity index (χ2v) is 6.49. The molecule has 0 saturated heterocycles. The minimum Gasteiger partial charge on any atom is -0.496 e. The van der Waals surface area contributed by atoms with Crippen LogP contribution in [0.25, 0.3) is 0 Å². The van der Waals surface area contributed by atoms with Crippen molar-refractivity contribution >= 4 is 5.91 Å². The Morgan fingerprint density at radius 1 is 1.46 bits per heavy atom. The minimum atomic E-state index is -0.379. The quantitative estimate of drug-likeness (QED) is 0.783. The number of benzene rings is 1. The zero-order valence-corrected chi connectivity index (χ0v) is 14.0. The van der Waals surface area contributed by atoms with Crippen LogP contribution in [0.4, 0.5) is 0 Å². The van der Waals surface area contributed by atoms with Crippen LogP contribution in [0.2, 0.25) is 0 Å². The molecular formula is C19H23N3O2. The summed E-state index contributed by atoms with van der Waals surface area (Å²) >= 11 is 0. The van der Waals surface area contributed by atoms with E-state index in [4.69, 9.17) is 11.2 Å². The Labute approximate surface area is 142 Å². The first kappa shape index (κ1) is 16.5. The molecule has 5 nitrogen and oxygen atoms in total. The van der Waals surface area contributed by atoms with Crippen LogP contribution in [0.3, 0.4) is 0 Å². The standard InChI is InChI=1S/C19H23N3O2/c1-3-4-11-19(21-22-19)12-10-18(23)20-15-8-9-16-14(13-15)6-5-7-17(16)24-2/h1,5-7,15H,4,8-13H2,2H3,(H,20,23). The van der Waals surface area contributed by atoms with Gasteiger partial charge in [-0.1, -0.05) is 12.1 Å². The van der Waals surface area contributed by atoms with E-state index in [-0.39, 0.29) is 17.6 Å². The predicted octanol–water partition coefficient (Wildman–Crippen LogP) is 3.02. The lowest BCUT2D eigenvalue weighted by atomic mass is 9.87. The Morgan fingerprint density at radius 3 is 3.00 bits per heavy atom. The lowest BCUT2D eigenvalue weighted by Gasteiger charge is -2.26. The molecule has 0 spiro atoms. The van der Waals surface area contributed by atoms with E-state index in [2.05, 4.69) is 27.5 Å². The van der Waals surface area contributed by atoms with Crippen LogP contribution in [0, 0.1) is 12.3 Å². The Bertz CT molecular complexity index is 684. The summed E-state index contributed by atoms with van der Waals surface area (Å²) in [6.45, 7) is 0. The van der Waals surface area contributed by atoms with Gasteiger partial charge in [0.15, 0.2) is 5.66 Å². The highest BCUT2D eigenvalue weighted by molar-refractivity contribution is 5.76. The average molecular weight is 325 g/mol. The molecule has 1 aliphatic carbocycles. The molecule has 1 aromatic carbocycles. The molecule has 0 saturated carbocycles. The van der Waals surface area contributed by atoms with Gasteiger partial charge in [-0.05, 0) is 36.5 Å². The normalized spacial score (nSPS) is 19.9. The average Bonchev–Trinajstić information content (AvgIpc) is 3.38. The van der Waals surface area contributed by atoms with Crippen LogP contribution in [-0.4, -0.2) is 24.7 Å². The highest BCUT2D eigenvalue weighted by Crippen LogP contribution is 2.37. The molecule has 1 N–H and O–H groups in total. The first-order chi connectivity index (χ1) is 11.7. The number of hydrogen-bond donors (Lipinski definition) is 1. The van der Waals surface area contributed by atoms with Crippen LogP contribution in [0.15, 0.2) is 28.4 Å². The van der Waals surface area contributed by atoms with E-state index in [1.165, 1.54) is 11.1 Å². The van der Waals surface area contributed by atoms with E-state index < -0.39 is 0 Å². The number of carbonyl (C=O) groups excluding carboxylic acids is 1. The molecule has 24 heavy (non-hydrogen) atoms. The first-order valence-electron chi connectivity index (χ1n) is 8.47. The first-order valence-corrected chi connectivity index (χ1v) is 8.47. The summed E-state index contributed by atoms with van der Waals surface area (Å²) in [6, 6.07) is 6.31. The van der Waals surface area contributed by atoms with Crippen LogP contribution < -0.4 is 10.1 Å². The summed E-state index contributed by atoms with van der Waals surface area (Å²) in [5.41, 5.74) is 2.16. The van der Waals surface area contributed by atoms with Gasteiger partial charge in [0.05, 0.1) is 7.11 Å². The fourth-order valence-electron chi connectivity index (χ4n) is 3.37. The van der Waals surface area contributed by atoms with Crippen molar-refractivity contribution in [3.05, 3.63) is 29.3 Å². The molecule has 0 aromatic heterocycles. The molecule has 5 heteroatoms. The molecule has 1 unspecified atom stereocenters. The van der Waals surface area contributed by atoms with Gasteiger partial charge < -0.3 is 10.1 Å². The molecule has 1 atom stereocenters. The number of nitrogens with one attached hydrogen (secondary N) is 1. The van der Waals surface area contributed by atoms with Gasteiger partial charge in [0.2, 0.25) is 5.91 Å². The molecular weight excluding hydrogens is 302 g/mol. The monoisotopic (exact) mass is 325 g/mol. The van der Waals surface area contributed by atoms with Crippen LogP contribution in [0.1, 0.15) is 43.2 Å². The van der Waals surface area contributed by atoms with E-state index in [0.29, 0.717) is 19.3 Å². The Balaban J connectivity index is 1.49. The maximum absolute atomic E-state index is 12.2. The molecule has 0 bridgehead atoms. The van der Waals surface area contributed by atoms with Crippen molar-refractivity contribution in [2.45, 2.75) is 56.7 Å². The van der Waals surface area contributed by atoms with Crippen molar-refractivity contribution in [2.75, 3.05) is 7.11 Å². The van der Waals surface area contributed by atoms with Crippen molar-refractivity contribution < 1.29 is 9.53 Å². The summed E-state index contributed by atoms with van der Waals surface area (Å²) < 4.78 is 5.42. The fraction of sp³-hybridized carbons (Fsp3) is 0.526. The third kappa shape index (κ3) is 3.76. The van der Waals surface area contributed by atoms with Gasteiger partial charge in [-0.15, -0.1) is 12.3 Å². The lowest BCUT2D eigenvalue weighted by Crippen LogP contribution is -2.39. The van der Waals surface area contributed by atoms with Crippen LogP contribution in [0.5, 0.6) is 5.75 Å². The summed E-state index contributed by atoms with van der Waals surface area (Å²) in [4.78, 5) is 12.2. The van der Waals surface area contributed by atoms with E-state index in [9.17, 15) is 4.79 Å². The third-order valence-corrected chi connectivity index (χ3v) is 4.83. The number of rotatable bonds is 7. The van der Waals surface area contributed by atoms with Gasteiger partial charge >= 0.3 is 0 Å². The van der Waals surface area contributed by atoms with Gasteiger partial charge in [-0.2, -0.15) is 10.2 Å². The van der Waals surface area contributed by atoms with Crippen LogP contribution in [-0.2, 0) is 17.6 Å². The fourth-order valence-corrected chi connectivity index (χ4v) is 3.37. The van der Waals surface area contributed by atoms with Gasteiger partial charge in [0, 0.05) is 31.7 Å². The van der Waals surface area contributed by atoms with Crippen molar-refractivity contribution in [1.29, 1.82) is 0 Å². The maximum atomic E-state index is 12.2. The molecule has 2 aliphatic rings. The summed E-state index contributed by atoms with van der Waals surface area (Å²) in [5.74, 6) is 3.63.